The van der Waals surface area contributed by atoms with Gasteiger partial charge < -0.3 is 15.7 Å². The molecule has 7 nitrogen and oxygen atoms in total. The monoisotopic (exact) mass is 541 g/mol. The molecule has 1 fully saturated rings. The second kappa shape index (κ2) is 10.7. The minimum atomic E-state index is -0.334. The maximum absolute atomic E-state index is 12.5. The zero-order chi connectivity index (χ0) is 21.7. The molecule has 3 N–H and O–H groups in total. The van der Waals surface area contributed by atoms with Gasteiger partial charge in [-0.2, -0.15) is 0 Å². The van der Waals surface area contributed by atoms with Crippen molar-refractivity contribution < 1.29 is 19.5 Å². The van der Waals surface area contributed by atoms with Gasteiger partial charge in [0.05, 0.1) is 11.8 Å². The minimum Gasteiger partial charge on any atom is -0.393 e. The molecule has 2 aliphatic rings. The summed E-state index contributed by atoms with van der Waals surface area (Å²) in [6.07, 6.45) is 6.37. The lowest BCUT2D eigenvalue weighted by molar-refractivity contribution is -0.137. The minimum absolute atomic E-state index is 0.174. The fourth-order valence-electron chi connectivity index (χ4n) is 3.69. The van der Waals surface area contributed by atoms with Crippen LogP contribution in [-0.4, -0.2) is 46.4 Å². The quantitative estimate of drug-likeness (QED) is 0.438. The zero-order valence-electron chi connectivity index (χ0n) is 16.5. The maximum Gasteiger partial charge on any atom is 0.253 e. The van der Waals surface area contributed by atoms with Crippen LogP contribution in [0.3, 0.4) is 0 Å². The van der Waals surface area contributed by atoms with Gasteiger partial charge in [-0.3, -0.25) is 19.3 Å². The molecule has 1 saturated carbocycles. The van der Waals surface area contributed by atoms with Crippen LogP contribution in [0.5, 0.6) is 0 Å². The van der Waals surface area contributed by atoms with Gasteiger partial charge in [0.1, 0.15) is 0 Å². The Morgan fingerprint density at radius 2 is 1.77 bits per heavy atom. The summed E-state index contributed by atoms with van der Waals surface area (Å²) >= 11 is 7.03. The van der Waals surface area contributed by atoms with Gasteiger partial charge in [-0.25, -0.2) is 0 Å². The SMILES string of the molecule is O=C(CCCN1C(=O)C=CC1=O)Nc1c(Br)cc(Br)cc1CNC1CCC(O)CC1. The van der Waals surface area contributed by atoms with E-state index in [4.69, 9.17) is 0 Å². The zero-order valence-corrected chi connectivity index (χ0v) is 19.7. The number of hydrogen-bond acceptors (Lipinski definition) is 5. The molecular weight excluding hydrogens is 518 g/mol. The fourth-order valence-corrected chi connectivity index (χ4v) is 5.10. The van der Waals surface area contributed by atoms with E-state index in [-0.39, 0.29) is 36.8 Å². The van der Waals surface area contributed by atoms with Crippen molar-refractivity contribution in [2.45, 2.75) is 57.2 Å². The number of imide groups is 1. The Labute approximate surface area is 192 Å². The number of rotatable bonds is 8. The predicted octanol–water partition coefficient (Wildman–Crippen LogP) is 3.25. The molecule has 0 aromatic heterocycles. The van der Waals surface area contributed by atoms with Gasteiger partial charge in [0.15, 0.2) is 0 Å². The summed E-state index contributed by atoms with van der Waals surface area (Å²) < 4.78 is 1.68. The fraction of sp³-hybridized carbons (Fsp3) is 0.476. The van der Waals surface area contributed by atoms with Gasteiger partial charge in [-0.1, -0.05) is 15.9 Å². The van der Waals surface area contributed by atoms with Crippen molar-refractivity contribution in [3.8, 4) is 0 Å². The highest BCUT2D eigenvalue weighted by molar-refractivity contribution is 9.11. The molecule has 1 aromatic rings. The van der Waals surface area contributed by atoms with E-state index in [9.17, 15) is 19.5 Å². The van der Waals surface area contributed by atoms with Gasteiger partial charge in [0.25, 0.3) is 11.8 Å². The van der Waals surface area contributed by atoms with Crippen LogP contribution < -0.4 is 10.6 Å². The molecule has 0 unspecified atom stereocenters. The highest BCUT2D eigenvalue weighted by Gasteiger charge is 2.23. The van der Waals surface area contributed by atoms with E-state index >= 15 is 0 Å². The van der Waals surface area contributed by atoms with Crippen molar-refractivity contribution in [3.63, 3.8) is 0 Å². The lowest BCUT2D eigenvalue weighted by Crippen LogP contribution is -2.34. The molecule has 3 amide bonds. The van der Waals surface area contributed by atoms with E-state index in [2.05, 4.69) is 42.5 Å². The standard InChI is InChI=1S/C21H25Br2N3O4/c22-14-10-13(12-24-15-3-5-16(27)6-4-15)21(17(23)11-14)25-18(28)2-1-9-26-19(29)7-8-20(26)30/h7-8,10-11,15-16,24,27H,1-6,9,12H2,(H,25,28). The third-order valence-corrected chi connectivity index (χ3v) is 6.45. The number of carbonyl (C=O) groups excluding carboxylic acids is 3. The number of nitrogens with zero attached hydrogens (tertiary/aromatic N) is 1. The molecule has 0 bridgehead atoms. The van der Waals surface area contributed by atoms with Gasteiger partial charge in [-0.15, -0.1) is 0 Å². The Bertz CT molecular complexity index is 833. The van der Waals surface area contributed by atoms with E-state index in [1.54, 1.807) is 0 Å². The van der Waals surface area contributed by atoms with Crippen molar-refractivity contribution in [1.82, 2.24) is 10.2 Å². The Hall–Kier alpha value is -1.55. The Kier molecular flexibility index (Phi) is 8.21. The first-order valence-corrected chi connectivity index (χ1v) is 11.6. The van der Waals surface area contributed by atoms with E-state index < -0.39 is 0 Å². The number of carbonyl (C=O) groups is 3. The normalized spacial score (nSPS) is 21.4. The molecule has 0 spiro atoms. The second-order valence-electron chi connectivity index (χ2n) is 7.62. The lowest BCUT2D eigenvalue weighted by Gasteiger charge is -2.27. The van der Waals surface area contributed by atoms with Crippen molar-refractivity contribution in [2.75, 3.05) is 11.9 Å². The number of aliphatic hydroxyl groups excluding tert-OH is 1. The van der Waals surface area contributed by atoms with Crippen LogP contribution in [0.2, 0.25) is 0 Å². The number of hydrogen-bond donors (Lipinski definition) is 3. The molecule has 1 aliphatic heterocycles. The number of benzene rings is 1. The second-order valence-corrected chi connectivity index (χ2v) is 9.39. The number of aliphatic hydroxyl groups is 1. The molecule has 162 valence electrons. The van der Waals surface area contributed by atoms with E-state index in [1.165, 1.54) is 12.2 Å². The number of anilines is 1. The molecule has 0 atom stereocenters. The van der Waals surface area contributed by atoms with Gasteiger partial charge in [-0.05, 0) is 65.7 Å². The van der Waals surface area contributed by atoms with Crippen LogP contribution in [-0.2, 0) is 20.9 Å². The molecular formula is C21H25Br2N3O4. The number of amides is 3. The smallest absolute Gasteiger partial charge is 0.253 e. The molecule has 1 aliphatic carbocycles. The van der Waals surface area contributed by atoms with Crippen molar-refractivity contribution >= 4 is 55.3 Å². The summed E-state index contributed by atoms with van der Waals surface area (Å²) in [5.41, 5.74) is 1.66. The van der Waals surface area contributed by atoms with Crippen molar-refractivity contribution in [1.29, 1.82) is 0 Å². The lowest BCUT2D eigenvalue weighted by atomic mass is 9.93. The molecule has 3 rings (SSSR count). The summed E-state index contributed by atoms with van der Waals surface area (Å²) in [5.74, 6) is -0.841. The van der Waals surface area contributed by atoms with E-state index in [0.29, 0.717) is 24.7 Å². The average molecular weight is 543 g/mol. The highest BCUT2D eigenvalue weighted by Crippen LogP contribution is 2.31. The Morgan fingerprint density at radius 3 is 2.43 bits per heavy atom. The Balaban J connectivity index is 1.55. The summed E-state index contributed by atoms with van der Waals surface area (Å²) in [6, 6.07) is 4.19. The molecule has 1 aromatic carbocycles. The van der Waals surface area contributed by atoms with Crippen LogP contribution in [0.15, 0.2) is 33.2 Å². The number of nitrogens with one attached hydrogen (secondary N) is 2. The van der Waals surface area contributed by atoms with Crippen LogP contribution in [0, 0.1) is 0 Å². The highest BCUT2D eigenvalue weighted by atomic mass is 79.9. The molecule has 0 saturated heterocycles. The van der Waals surface area contributed by atoms with Crippen LogP contribution >= 0.6 is 31.9 Å². The number of halogens is 2. The topological polar surface area (TPSA) is 98.7 Å². The summed E-state index contributed by atoms with van der Waals surface area (Å²) in [4.78, 5) is 36.8. The van der Waals surface area contributed by atoms with Crippen molar-refractivity contribution in [3.05, 3.63) is 38.8 Å². The Morgan fingerprint density at radius 1 is 1.10 bits per heavy atom. The maximum atomic E-state index is 12.5. The molecule has 1 heterocycles. The largest absolute Gasteiger partial charge is 0.393 e. The summed E-state index contributed by atoms with van der Waals surface area (Å²) in [6.45, 7) is 0.818. The average Bonchev–Trinajstić information content (AvgIpc) is 3.02. The summed E-state index contributed by atoms with van der Waals surface area (Å²) in [7, 11) is 0. The van der Waals surface area contributed by atoms with E-state index in [1.807, 2.05) is 12.1 Å². The van der Waals surface area contributed by atoms with Gasteiger partial charge >= 0.3 is 0 Å². The third kappa shape index (κ3) is 6.23. The third-order valence-electron chi connectivity index (χ3n) is 5.37. The van der Waals surface area contributed by atoms with Crippen molar-refractivity contribution in [2.24, 2.45) is 0 Å². The molecule has 30 heavy (non-hydrogen) atoms. The summed E-state index contributed by atoms with van der Waals surface area (Å²) in [5, 5.41) is 16.1. The van der Waals surface area contributed by atoms with Crippen LogP contribution in [0.1, 0.15) is 44.1 Å². The van der Waals surface area contributed by atoms with Gasteiger partial charge in [0.2, 0.25) is 5.91 Å². The van der Waals surface area contributed by atoms with Crippen LogP contribution in [0.25, 0.3) is 0 Å². The predicted molar refractivity (Wildman–Crippen MR) is 121 cm³/mol. The van der Waals surface area contributed by atoms with Gasteiger partial charge in [0, 0.05) is 46.6 Å². The molecule has 0 radical (unpaired) electrons. The van der Waals surface area contributed by atoms with E-state index in [0.717, 1.165) is 45.1 Å². The first-order valence-electron chi connectivity index (χ1n) is 10.1. The molecule has 9 heteroatoms. The first kappa shape index (κ1) is 23.1. The first-order chi connectivity index (χ1) is 14.3. The van der Waals surface area contributed by atoms with Crippen LogP contribution in [0.4, 0.5) is 5.69 Å².